The zero-order chi connectivity index (χ0) is 43.7. The van der Waals surface area contributed by atoms with Gasteiger partial charge in [-0.15, -0.1) is 0 Å². The quantitative estimate of drug-likeness (QED) is 0.220. The van der Waals surface area contributed by atoms with Gasteiger partial charge < -0.3 is 0 Å². The number of hydrogen-bond acceptors (Lipinski definition) is 2. The summed E-state index contributed by atoms with van der Waals surface area (Å²) in [5.74, 6) is 15.9. The Labute approximate surface area is 373 Å². The third kappa shape index (κ3) is 8.27. The maximum atomic E-state index is 12.3. The number of Topliss-reactive ketones (excluding diaryl/α,β-unsaturated/α-hetero) is 2. The van der Waals surface area contributed by atoms with E-state index in [1.54, 1.807) is 0 Å². The average molecular weight is 829 g/mol. The summed E-state index contributed by atoms with van der Waals surface area (Å²) >= 11 is 0. The fraction of sp³-hybridized carbons (Fsp3) is 0.966. The van der Waals surface area contributed by atoms with E-state index in [2.05, 4.69) is 96.9 Å². The maximum absolute atomic E-state index is 12.3. The first-order valence-electron chi connectivity index (χ1n) is 27.2. The standard InChI is InChI=1S/2C29H50O/c1-18(2)27(30)13-8-20(4)24-11-12-25-23-10-9-22-16-19(3)14-15-28(22,6)26(23)17-21(5)29(24,25)7;1-18(2)26(30)11-8-20(4)23-9-10-24-27-21(5)17-22-16-19(3)12-14-28(22,6)25(27)13-15-29(23,24)7/h18-26H,8-17H2,1-7H3;18-25,27H,8-17H2,1-7H3/t19?,20-,21?,22?,23?,24?,25?,26?,28?,29?;19?,20-,21?,22?,23?,24?,25?,27?,28?,29?/m11/s1. The molecule has 0 N–H and O–H groups in total. The molecule has 0 aromatic carbocycles. The van der Waals surface area contributed by atoms with Crippen LogP contribution in [0.3, 0.4) is 0 Å². The van der Waals surface area contributed by atoms with Gasteiger partial charge in [0.2, 0.25) is 0 Å². The van der Waals surface area contributed by atoms with Crippen LogP contribution in [0.5, 0.6) is 0 Å². The number of carbonyl (C=O) groups excluding carboxylic acids is 2. The van der Waals surface area contributed by atoms with Crippen LogP contribution in [-0.2, 0) is 9.59 Å². The first kappa shape index (κ1) is 47.3. The largest absolute Gasteiger partial charge is 0.299 e. The summed E-state index contributed by atoms with van der Waals surface area (Å²) in [7, 11) is 0. The van der Waals surface area contributed by atoms with Gasteiger partial charge in [-0.25, -0.2) is 0 Å². The van der Waals surface area contributed by atoms with Gasteiger partial charge in [0.15, 0.2) is 0 Å². The highest BCUT2D eigenvalue weighted by molar-refractivity contribution is 5.80. The molecule has 8 fully saturated rings. The van der Waals surface area contributed by atoms with E-state index in [0.29, 0.717) is 45.1 Å². The lowest BCUT2D eigenvalue weighted by Gasteiger charge is -2.63. The molecule has 0 aromatic rings. The van der Waals surface area contributed by atoms with Crippen LogP contribution in [0.25, 0.3) is 0 Å². The fourth-order valence-electron chi connectivity index (χ4n) is 19.3. The van der Waals surface area contributed by atoms with Crippen molar-refractivity contribution in [1.29, 1.82) is 0 Å². The van der Waals surface area contributed by atoms with Crippen molar-refractivity contribution < 1.29 is 9.59 Å². The molecule has 2 heteroatoms. The van der Waals surface area contributed by atoms with Crippen LogP contribution in [0.2, 0.25) is 0 Å². The van der Waals surface area contributed by atoms with Gasteiger partial charge in [-0.05, 0) is 219 Å². The molecular formula is C58H100O2. The van der Waals surface area contributed by atoms with Crippen molar-refractivity contribution in [2.45, 2.75) is 225 Å². The second-order valence-corrected chi connectivity index (χ2v) is 26.8. The first-order chi connectivity index (χ1) is 28.2. The normalized spacial score (nSPS) is 49.3. The average Bonchev–Trinajstić information content (AvgIpc) is 3.75. The second-order valence-electron chi connectivity index (χ2n) is 26.8. The molecule has 0 aliphatic heterocycles. The Kier molecular flexibility index (Phi) is 14.2. The van der Waals surface area contributed by atoms with Crippen molar-refractivity contribution in [3.63, 3.8) is 0 Å². The summed E-state index contributed by atoms with van der Waals surface area (Å²) in [6.45, 7) is 34.2. The lowest BCUT2D eigenvalue weighted by Crippen LogP contribution is -2.56. The Bertz CT molecular complexity index is 1480. The molecule has 8 saturated carbocycles. The third-order valence-corrected chi connectivity index (χ3v) is 23.3. The highest BCUT2D eigenvalue weighted by atomic mass is 16.1. The van der Waals surface area contributed by atoms with Gasteiger partial charge in [0.05, 0.1) is 0 Å². The molecule has 8 aliphatic carbocycles. The smallest absolute Gasteiger partial charge is 0.135 e. The van der Waals surface area contributed by atoms with Gasteiger partial charge in [0.25, 0.3) is 0 Å². The molecule has 0 bridgehead atoms. The van der Waals surface area contributed by atoms with Gasteiger partial charge in [-0.3, -0.25) is 9.59 Å². The molecule has 60 heavy (non-hydrogen) atoms. The summed E-state index contributed by atoms with van der Waals surface area (Å²) < 4.78 is 0. The zero-order valence-corrected chi connectivity index (χ0v) is 42.4. The van der Waals surface area contributed by atoms with Crippen molar-refractivity contribution in [3.05, 3.63) is 0 Å². The van der Waals surface area contributed by atoms with Crippen molar-refractivity contribution in [2.75, 3.05) is 0 Å². The monoisotopic (exact) mass is 829 g/mol. The maximum Gasteiger partial charge on any atom is 0.135 e. The van der Waals surface area contributed by atoms with E-state index in [4.69, 9.17) is 0 Å². The molecular weight excluding hydrogens is 729 g/mol. The Balaban J connectivity index is 0.000000181. The van der Waals surface area contributed by atoms with Crippen LogP contribution in [0.15, 0.2) is 0 Å². The molecule has 0 spiro atoms. The summed E-state index contributed by atoms with van der Waals surface area (Å²) in [5, 5.41) is 0. The minimum Gasteiger partial charge on any atom is -0.299 e. The van der Waals surface area contributed by atoms with E-state index < -0.39 is 0 Å². The minimum absolute atomic E-state index is 0.201. The molecule has 20 atom stereocenters. The van der Waals surface area contributed by atoms with E-state index in [1.807, 2.05) is 0 Å². The highest BCUT2D eigenvalue weighted by Gasteiger charge is 2.64. The van der Waals surface area contributed by atoms with E-state index in [1.165, 1.54) is 103 Å². The van der Waals surface area contributed by atoms with Gasteiger partial charge in [0.1, 0.15) is 11.6 Å². The van der Waals surface area contributed by atoms with Crippen LogP contribution in [-0.4, -0.2) is 11.6 Å². The number of ketones is 2. The lowest BCUT2D eigenvalue weighted by atomic mass is 9.42. The molecule has 0 amide bonds. The van der Waals surface area contributed by atoms with E-state index in [9.17, 15) is 9.59 Å². The van der Waals surface area contributed by atoms with Gasteiger partial charge in [-0.2, -0.15) is 0 Å². The third-order valence-electron chi connectivity index (χ3n) is 23.3. The van der Waals surface area contributed by atoms with Crippen molar-refractivity contribution in [1.82, 2.24) is 0 Å². The van der Waals surface area contributed by atoms with Gasteiger partial charge in [-0.1, -0.05) is 110 Å². The number of fused-ring (bicyclic) bond motifs is 10. The SMILES string of the molecule is CC1CCC2(C)C(C1)CC(C)C1C2CCC2(C)C1CCC2[C@H](C)CCC(=O)C(C)C.CC1CCC2(C)C(CCC3C2CC(C)C2(C)C3CCC2[C@H](C)CCC(=O)C(C)C)C1. The molecule has 0 aromatic heterocycles. The molecule has 8 rings (SSSR count). The van der Waals surface area contributed by atoms with E-state index >= 15 is 0 Å². The van der Waals surface area contributed by atoms with E-state index in [0.717, 1.165) is 109 Å². The summed E-state index contributed by atoms with van der Waals surface area (Å²) in [4.78, 5) is 24.5. The Hall–Kier alpha value is -0.660. The fourth-order valence-corrected chi connectivity index (χ4v) is 19.3. The Morgan fingerprint density at radius 3 is 1.60 bits per heavy atom. The Morgan fingerprint density at radius 2 is 1.00 bits per heavy atom. The van der Waals surface area contributed by atoms with Crippen LogP contribution >= 0.6 is 0 Å². The molecule has 0 radical (unpaired) electrons. The van der Waals surface area contributed by atoms with Gasteiger partial charge in [0, 0.05) is 24.7 Å². The predicted molar refractivity (Wildman–Crippen MR) is 254 cm³/mol. The number of rotatable bonds is 10. The van der Waals surface area contributed by atoms with Crippen LogP contribution < -0.4 is 0 Å². The molecule has 0 heterocycles. The van der Waals surface area contributed by atoms with Gasteiger partial charge >= 0.3 is 0 Å². The van der Waals surface area contributed by atoms with E-state index in [-0.39, 0.29) is 11.8 Å². The molecule has 18 unspecified atom stereocenters. The number of hydrogen-bond donors (Lipinski definition) is 0. The summed E-state index contributed by atoms with van der Waals surface area (Å²) in [6, 6.07) is 0. The van der Waals surface area contributed by atoms with Crippen molar-refractivity contribution >= 4 is 11.6 Å². The topological polar surface area (TPSA) is 34.1 Å². The zero-order valence-electron chi connectivity index (χ0n) is 42.4. The molecule has 0 saturated heterocycles. The van der Waals surface area contributed by atoms with Crippen molar-refractivity contribution in [3.8, 4) is 0 Å². The molecule has 344 valence electrons. The minimum atomic E-state index is 0.201. The molecule has 2 nitrogen and oxygen atoms in total. The van der Waals surface area contributed by atoms with Crippen LogP contribution in [0, 0.1) is 128 Å². The van der Waals surface area contributed by atoms with Crippen molar-refractivity contribution in [2.24, 2.45) is 128 Å². The summed E-state index contributed by atoms with van der Waals surface area (Å²) in [5.41, 5.74) is 2.28. The summed E-state index contributed by atoms with van der Waals surface area (Å²) in [6.07, 6.45) is 27.5. The predicted octanol–water partition coefficient (Wildman–Crippen LogP) is 16.3. The van der Waals surface area contributed by atoms with Crippen LogP contribution in [0.1, 0.15) is 225 Å². The number of carbonyl (C=O) groups is 2. The first-order valence-corrected chi connectivity index (χ1v) is 27.2. The highest BCUT2D eigenvalue weighted by Crippen LogP contribution is 2.72. The Morgan fingerprint density at radius 1 is 0.500 bits per heavy atom. The second kappa shape index (κ2) is 18.0. The molecule has 8 aliphatic rings. The lowest BCUT2D eigenvalue weighted by molar-refractivity contribution is -0.143. The van der Waals surface area contributed by atoms with Crippen LogP contribution in [0.4, 0.5) is 0 Å².